The minimum atomic E-state index is 0.187. The Balaban J connectivity index is 1.41. The van der Waals surface area contributed by atoms with Crippen LogP contribution in [0.5, 0.6) is 0 Å². The van der Waals surface area contributed by atoms with Crippen molar-refractivity contribution < 1.29 is 9.47 Å². The molecule has 6 heteroatoms. The van der Waals surface area contributed by atoms with Gasteiger partial charge in [-0.05, 0) is 32.6 Å². The first-order valence-electron chi connectivity index (χ1n) is 9.45. The highest BCUT2D eigenvalue weighted by Crippen LogP contribution is 2.26. The van der Waals surface area contributed by atoms with Crippen LogP contribution in [0.3, 0.4) is 0 Å². The topological polar surface area (TPSA) is 52.4 Å². The first-order chi connectivity index (χ1) is 11.6. The maximum Gasteiger partial charge on any atom is 0.147 e. The van der Waals surface area contributed by atoms with Gasteiger partial charge in [0, 0.05) is 19.6 Å². The lowest BCUT2D eigenvalue weighted by Crippen LogP contribution is -2.46. The zero-order chi connectivity index (χ0) is 16.9. The van der Waals surface area contributed by atoms with E-state index in [1.165, 1.54) is 25.7 Å². The lowest BCUT2D eigenvalue weighted by atomic mass is 9.88. The van der Waals surface area contributed by atoms with E-state index in [2.05, 4.69) is 21.9 Å². The van der Waals surface area contributed by atoms with Crippen molar-refractivity contribution in [1.82, 2.24) is 19.7 Å². The summed E-state index contributed by atoms with van der Waals surface area (Å²) in [4.78, 5) is 6.83. The van der Waals surface area contributed by atoms with Crippen molar-refractivity contribution in [2.75, 3.05) is 32.8 Å². The molecule has 3 rings (SSSR count). The zero-order valence-corrected chi connectivity index (χ0v) is 15.4. The largest absolute Gasteiger partial charge is 0.377 e. The predicted octanol–water partition coefficient (Wildman–Crippen LogP) is 2.19. The number of hydrogen-bond acceptors (Lipinski definition) is 5. The fourth-order valence-electron chi connectivity index (χ4n) is 3.88. The van der Waals surface area contributed by atoms with Gasteiger partial charge in [0.1, 0.15) is 11.6 Å². The van der Waals surface area contributed by atoms with Crippen LogP contribution >= 0.6 is 0 Å². The van der Waals surface area contributed by atoms with Gasteiger partial charge in [0.15, 0.2) is 0 Å². The first-order valence-corrected chi connectivity index (χ1v) is 9.45. The number of hydrogen-bond donors (Lipinski definition) is 0. The van der Waals surface area contributed by atoms with Crippen LogP contribution in [0.4, 0.5) is 0 Å². The molecule has 2 heterocycles. The molecular weight excluding hydrogens is 304 g/mol. The van der Waals surface area contributed by atoms with Gasteiger partial charge >= 0.3 is 0 Å². The molecule has 1 aliphatic carbocycles. The summed E-state index contributed by atoms with van der Waals surface area (Å²) < 4.78 is 14.0. The van der Waals surface area contributed by atoms with Crippen LogP contribution < -0.4 is 0 Å². The van der Waals surface area contributed by atoms with Crippen molar-refractivity contribution in [1.29, 1.82) is 0 Å². The van der Waals surface area contributed by atoms with Crippen LogP contribution in [0.25, 0.3) is 0 Å². The summed E-state index contributed by atoms with van der Waals surface area (Å²) in [6.45, 7) is 11.6. The molecule has 0 N–H and O–H groups in total. The second kappa shape index (κ2) is 8.41. The molecule has 1 aromatic rings. The van der Waals surface area contributed by atoms with Crippen molar-refractivity contribution in [3.05, 3.63) is 11.6 Å². The number of ether oxygens (including phenoxy) is 2. The van der Waals surface area contributed by atoms with Crippen LogP contribution in [0, 0.1) is 19.8 Å². The molecule has 1 saturated carbocycles. The number of aryl methyl sites for hydroxylation is 2. The van der Waals surface area contributed by atoms with Crippen LogP contribution in [0.2, 0.25) is 0 Å². The Morgan fingerprint density at radius 1 is 1.25 bits per heavy atom. The van der Waals surface area contributed by atoms with Gasteiger partial charge < -0.3 is 9.47 Å². The van der Waals surface area contributed by atoms with Gasteiger partial charge in [-0.2, -0.15) is 5.10 Å². The normalized spacial score (nSPS) is 29.0. The highest BCUT2D eigenvalue weighted by atomic mass is 16.5. The van der Waals surface area contributed by atoms with Gasteiger partial charge in [-0.15, -0.1) is 0 Å². The molecule has 2 aliphatic rings. The molecule has 0 bridgehead atoms. The second-order valence-corrected chi connectivity index (χ2v) is 7.35. The predicted molar refractivity (Wildman–Crippen MR) is 93.0 cm³/mol. The third-order valence-corrected chi connectivity index (χ3v) is 5.33. The van der Waals surface area contributed by atoms with Gasteiger partial charge in [0.05, 0.1) is 32.0 Å². The van der Waals surface area contributed by atoms with Crippen LogP contribution in [0.1, 0.15) is 44.3 Å². The van der Waals surface area contributed by atoms with Crippen molar-refractivity contribution in [3.8, 4) is 0 Å². The number of nitrogens with zero attached hydrogens (tertiary/aromatic N) is 4. The van der Waals surface area contributed by atoms with E-state index in [0.29, 0.717) is 6.10 Å². The summed E-state index contributed by atoms with van der Waals surface area (Å²) in [6.07, 6.45) is 5.90. The SMILES string of the molecule is Cc1nc(C)n(CC2CN(CCOC3CCCCC3C)CCO2)n1. The molecule has 6 nitrogen and oxygen atoms in total. The van der Waals surface area contributed by atoms with Gasteiger partial charge in [-0.1, -0.05) is 19.8 Å². The van der Waals surface area contributed by atoms with E-state index >= 15 is 0 Å². The maximum absolute atomic E-state index is 6.16. The zero-order valence-electron chi connectivity index (χ0n) is 15.4. The van der Waals surface area contributed by atoms with Gasteiger partial charge in [0.25, 0.3) is 0 Å². The molecule has 3 atom stereocenters. The molecule has 0 amide bonds. The molecule has 0 radical (unpaired) electrons. The average Bonchev–Trinajstić information content (AvgIpc) is 2.87. The third-order valence-electron chi connectivity index (χ3n) is 5.33. The molecule has 24 heavy (non-hydrogen) atoms. The quantitative estimate of drug-likeness (QED) is 0.797. The number of rotatable bonds is 6. The smallest absolute Gasteiger partial charge is 0.147 e. The van der Waals surface area contributed by atoms with E-state index in [1.54, 1.807) is 0 Å². The lowest BCUT2D eigenvalue weighted by Gasteiger charge is -2.34. The lowest BCUT2D eigenvalue weighted by molar-refractivity contribution is -0.0578. The Hall–Kier alpha value is -0.980. The monoisotopic (exact) mass is 336 g/mol. The summed E-state index contributed by atoms with van der Waals surface area (Å²) in [6, 6.07) is 0. The van der Waals surface area contributed by atoms with Crippen LogP contribution in [-0.2, 0) is 16.0 Å². The minimum Gasteiger partial charge on any atom is -0.377 e. The second-order valence-electron chi connectivity index (χ2n) is 7.35. The molecule has 1 aliphatic heterocycles. The van der Waals surface area contributed by atoms with E-state index < -0.39 is 0 Å². The van der Waals surface area contributed by atoms with Crippen molar-refractivity contribution in [2.45, 2.75) is 65.2 Å². The summed E-state index contributed by atoms with van der Waals surface area (Å²) in [5.41, 5.74) is 0. The fourth-order valence-corrected chi connectivity index (χ4v) is 3.88. The highest BCUT2D eigenvalue weighted by molar-refractivity contribution is 4.88. The molecule has 1 saturated heterocycles. The Morgan fingerprint density at radius 3 is 2.83 bits per heavy atom. The fraction of sp³-hybridized carbons (Fsp3) is 0.889. The van der Waals surface area contributed by atoms with Gasteiger partial charge in [-0.25, -0.2) is 9.67 Å². The number of morpholine rings is 1. The molecule has 2 fully saturated rings. The molecule has 0 aromatic carbocycles. The van der Waals surface area contributed by atoms with Crippen molar-refractivity contribution >= 4 is 0 Å². The Morgan fingerprint density at radius 2 is 2.08 bits per heavy atom. The maximum atomic E-state index is 6.16. The van der Waals surface area contributed by atoms with E-state index in [9.17, 15) is 0 Å². The Kier molecular flexibility index (Phi) is 6.25. The van der Waals surface area contributed by atoms with Crippen LogP contribution in [0.15, 0.2) is 0 Å². The number of aromatic nitrogens is 3. The van der Waals surface area contributed by atoms with Crippen molar-refractivity contribution in [3.63, 3.8) is 0 Å². The molecule has 136 valence electrons. The minimum absolute atomic E-state index is 0.187. The van der Waals surface area contributed by atoms with Crippen molar-refractivity contribution in [2.24, 2.45) is 5.92 Å². The summed E-state index contributed by atoms with van der Waals surface area (Å²) in [5.74, 6) is 2.51. The van der Waals surface area contributed by atoms with E-state index in [-0.39, 0.29) is 6.10 Å². The third kappa shape index (κ3) is 4.77. The summed E-state index contributed by atoms with van der Waals surface area (Å²) >= 11 is 0. The van der Waals surface area contributed by atoms with E-state index in [0.717, 1.165) is 57.0 Å². The van der Waals surface area contributed by atoms with E-state index in [1.807, 2.05) is 18.5 Å². The van der Waals surface area contributed by atoms with Gasteiger partial charge in [0.2, 0.25) is 0 Å². The summed E-state index contributed by atoms with van der Waals surface area (Å²) in [7, 11) is 0. The molecular formula is C18H32N4O2. The first kappa shape index (κ1) is 17.8. The molecule has 0 spiro atoms. The Bertz CT molecular complexity index is 519. The average molecular weight is 336 g/mol. The van der Waals surface area contributed by atoms with E-state index in [4.69, 9.17) is 9.47 Å². The summed E-state index contributed by atoms with van der Waals surface area (Å²) in [5, 5.41) is 4.44. The molecule has 3 unspecified atom stereocenters. The Labute approximate surface area is 145 Å². The van der Waals surface area contributed by atoms with Crippen LogP contribution in [-0.4, -0.2) is 64.7 Å². The van der Waals surface area contributed by atoms with Gasteiger partial charge in [-0.3, -0.25) is 4.90 Å². The highest BCUT2D eigenvalue weighted by Gasteiger charge is 2.24. The molecule has 1 aromatic heterocycles. The standard InChI is InChI=1S/C18H32N4O2/c1-14-6-4-5-7-18(14)24-11-9-21-8-10-23-17(12-21)13-22-16(3)19-15(2)20-22/h14,17-18H,4-13H2,1-3H3.